The van der Waals surface area contributed by atoms with Crippen molar-refractivity contribution in [3.8, 4) is 0 Å². The molecule has 1 heterocycles. The molecule has 1 aliphatic carbocycles. The van der Waals surface area contributed by atoms with Crippen LogP contribution in [0.2, 0.25) is 0 Å². The fraction of sp³-hybridized carbons (Fsp3) is 0.478. The van der Waals surface area contributed by atoms with Crippen LogP contribution < -0.4 is 0 Å². The Morgan fingerprint density at radius 2 is 1.46 bits per heavy atom. The topological polar surface area (TPSA) is 3.24 Å². The SMILES string of the molecule is c1ccc(CN2CCC[C@@H]3CCCC[C@]32Cc2ccccc2)cc1. The zero-order chi connectivity index (χ0) is 16.2. The van der Waals surface area contributed by atoms with Crippen molar-refractivity contribution in [1.29, 1.82) is 0 Å². The standard InChI is InChI=1S/C23H29N/c1-3-10-20(11-4-1)18-23-16-8-7-14-22(23)15-9-17-24(23)19-21-12-5-2-6-13-21/h1-6,10-13,22H,7-9,14-19H2/t22-,23-/m0/s1. The van der Waals surface area contributed by atoms with Crippen molar-refractivity contribution in [2.24, 2.45) is 5.92 Å². The molecule has 0 bridgehead atoms. The third-order valence-corrected chi connectivity index (χ3v) is 6.35. The van der Waals surface area contributed by atoms with E-state index in [1.54, 1.807) is 0 Å². The second kappa shape index (κ2) is 7.11. The summed E-state index contributed by atoms with van der Waals surface area (Å²) in [5.41, 5.74) is 3.37. The van der Waals surface area contributed by atoms with Gasteiger partial charge in [-0.25, -0.2) is 0 Å². The summed E-state index contributed by atoms with van der Waals surface area (Å²) < 4.78 is 0. The van der Waals surface area contributed by atoms with Crippen molar-refractivity contribution in [2.45, 2.75) is 57.0 Å². The number of rotatable bonds is 4. The molecule has 0 N–H and O–H groups in total. The van der Waals surface area contributed by atoms with Crippen LogP contribution in [0.1, 0.15) is 49.7 Å². The minimum absolute atomic E-state index is 0.383. The molecule has 2 fully saturated rings. The van der Waals surface area contributed by atoms with Gasteiger partial charge in [0.1, 0.15) is 0 Å². The van der Waals surface area contributed by atoms with Gasteiger partial charge in [-0.15, -0.1) is 0 Å². The Labute approximate surface area is 146 Å². The molecular weight excluding hydrogens is 290 g/mol. The summed E-state index contributed by atoms with van der Waals surface area (Å²) in [6, 6.07) is 22.3. The predicted molar refractivity (Wildman–Crippen MR) is 101 cm³/mol. The molecule has 24 heavy (non-hydrogen) atoms. The molecule has 1 saturated carbocycles. The van der Waals surface area contributed by atoms with Gasteiger partial charge in [0, 0.05) is 12.1 Å². The van der Waals surface area contributed by atoms with E-state index < -0.39 is 0 Å². The normalized spacial score (nSPS) is 27.6. The van der Waals surface area contributed by atoms with E-state index >= 15 is 0 Å². The summed E-state index contributed by atoms with van der Waals surface area (Å²) in [6.45, 7) is 2.38. The second-order valence-electron chi connectivity index (χ2n) is 7.76. The van der Waals surface area contributed by atoms with Crippen LogP contribution in [0.3, 0.4) is 0 Å². The molecule has 126 valence electrons. The number of nitrogens with zero attached hydrogens (tertiary/aromatic N) is 1. The van der Waals surface area contributed by atoms with Crippen molar-refractivity contribution in [3.63, 3.8) is 0 Å². The van der Waals surface area contributed by atoms with E-state index in [-0.39, 0.29) is 0 Å². The summed E-state index contributed by atoms with van der Waals surface area (Å²) in [5.74, 6) is 0.879. The van der Waals surface area contributed by atoms with Gasteiger partial charge in [0.2, 0.25) is 0 Å². The maximum atomic E-state index is 2.85. The minimum atomic E-state index is 0.383. The highest BCUT2D eigenvalue weighted by Gasteiger charge is 2.46. The van der Waals surface area contributed by atoms with Crippen molar-refractivity contribution >= 4 is 0 Å². The first-order chi connectivity index (χ1) is 11.9. The fourth-order valence-electron chi connectivity index (χ4n) is 5.21. The zero-order valence-corrected chi connectivity index (χ0v) is 14.7. The largest absolute Gasteiger partial charge is 0.293 e. The van der Waals surface area contributed by atoms with Crippen molar-refractivity contribution in [1.82, 2.24) is 4.90 Å². The smallest absolute Gasteiger partial charge is 0.0281 e. The van der Waals surface area contributed by atoms with E-state index in [1.807, 2.05) is 0 Å². The number of hydrogen-bond donors (Lipinski definition) is 0. The van der Waals surface area contributed by atoms with Crippen molar-refractivity contribution in [2.75, 3.05) is 6.54 Å². The monoisotopic (exact) mass is 319 g/mol. The summed E-state index contributed by atoms with van der Waals surface area (Å²) in [4.78, 5) is 2.85. The molecular formula is C23H29N. The summed E-state index contributed by atoms with van der Waals surface area (Å²) >= 11 is 0. The Hall–Kier alpha value is -1.60. The molecule has 2 atom stereocenters. The van der Waals surface area contributed by atoms with Gasteiger partial charge in [-0.2, -0.15) is 0 Å². The highest BCUT2D eigenvalue weighted by molar-refractivity contribution is 5.21. The second-order valence-corrected chi connectivity index (χ2v) is 7.76. The summed E-state index contributed by atoms with van der Waals surface area (Å²) in [7, 11) is 0. The van der Waals surface area contributed by atoms with Crippen LogP contribution in [0, 0.1) is 5.92 Å². The lowest BCUT2D eigenvalue weighted by atomic mass is 9.65. The van der Waals surface area contributed by atoms with Gasteiger partial charge >= 0.3 is 0 Å². The van der Waals surface area contributed by atoms with E-state index in [4.69, 9.17) is 0 Å². The zero-order valence-electron chi connectivity index (χ0n) is 14.7. The fourth-order valence-corrected chi connectivity index (χ4v) is 5.21. The highest BCUT2D eigenvalue weighted by Crippen LogP contribution is 2.46. The van der Waals surface area contributed by atoms with E-state index in [0.29, 0.717) is 5.54 Å². The van der Waals surface area contributed by atoms with Crippen LogP contribution >= 0.6 is 0 Å². The van der Waals surface area contributed by atoms with Crippen LogP contribution in [-0.2, 0) is 13.0 Å². The minimum Gasteiger partial charge on any atom is -0.293 e. The molecule has 1 aliphatic heterocycles. The van der Waals surface area contributed by atoms with E-state index in [0.717, 1.165) is 12.5 Å². The van der Waals surface area contributed by atoms with E-state index in [9.17, 15) is 0 Å². The van der Waals surface area contributed by atoms with Crippen LogP contribution in [0.5, 0.6) is 0 Å². The van der Waals surface area contributed by atoms with Gasteiger partial charge in [0.05, 0.1) is 0 Å². The van der Waals surface area contributed by atoms with Crippen LogP contribution in [0.15, 0.2) is 60.7 Å². The van der Waals surface area contributed by atoms with Gasteiger partial charge in [-0.1, -0.05) is 73.5 Å². The van der Waals surface area contributed by atoms with Gasteiger partial charge < -0.3 is 0 Å². The molecule has 0 amide bonds. The lowest BCUT2D eigenvalue weighted by Gasteiger charge is -2.55. The molecule has 0 aromatic heterocycles. The first-order valence-electron chi connectivity index (χ1n) is 9.70. The molecule has 2 aromatic carbocycles. The van der Waals surface area contributed by atoms with Crippen LogP contribution in [-0.4, -0.2) is 17.0 Å². The van der Waals surface area contributed by atoms with Gasteiger partial charge in [-0.05, 0) is 55.7 Å². The number of benzene rings is 2. The van der Waals surface area contributed by atoms with Crippen LogP contribution in [0.25, 0.3) is 0 Å². The molecule has 0 unspecified atom stereocenters. The maximum absolute atomic E-state index is 2.85. The highest BCUT2D eigenvalue weighted by atomic mass is 15.2. The average Bonchev–Trinajstić information content (AvgIpc) is 2.64. The predicted octanol–water partition coefficient (Wildman–Crippen LogP) is 5.45. The maximum Gasteiger partial charge on any atom is 0.0281 e. The van der Waals surface area contributed by atoms with Gasteiger partial charge in [0.15, 0.2) is 0 Å². The number of likely N-dealkylation sites (tertiary alicyclic amines) is 1. The number of piperidine rings is 1. The number of hydrogen-bond acceptors (Lipinski definition) is 1. The number of fused-ring (bicyclic) bond motifs is 1. The lowest BCUT2D eigenvalue weighted by molar-refractivity contribution is -0.0403. The Morgan fingerprint density at radius 3 is 2.21 bits per heavy atom. The van der Waals surface area contributed by atoms with Crippen molar-refractivity contribution in [3.05, 3.63) is 71.8 Å². The first kappa shape index (κ1) is 15.9. The third kappa shape index (κ3) is 3.15. The molecule has 0 radical (unpaired) electrons. The van der Waals surface area contributed by atoms with E-state index in [1.165, 1.54) is 62.6 Å². The Balaban J connectivity index is 1.64. The summed E-state index contributed by atoms with van der Waals surface area (Å²) in [5, 5.41) is 0. The molecule has 2 aliphatic rings. The summed E-state index contributed by atoms with van der Waals surface area (Å²) in [6.07, 6.45) is 9.66. The molecule has 0 spiro atoms. The Kier molecular flexibility index (Phi) is 4.71. The first-order valence-corrected chi connectivity index (χ1v) is 9.70. The third-order valence-electron chi connectivity index (χ3n) is 6.35. The van der Waals surface area contributed by atoms with Crippen molar-refractivity contribution < 1.29 is 0 Å². The lowest BCUT2D eigenvalue weighted by Crippen LogP contribution is -2.59. The van der Waals surface area contributed by atoms with Gasteiger partial charge in [0.25, 0.3) is 0 Å². The molecule has 1 heteroatoms. The van der Waals surface area contributed by atoms with Gasteiger partial charge in [-0.3, -0.25) is 4.90 Å². The Bertz CT molecular complexity index is 634. The van der Waals surface area contributed by atoms with Crippen LogP contribution in [0.4, 0.5) is 0 Å². The average molecular weight is 319 g/mol. The molecule has 4 rings (SSSR count). The van der Waals surface area contributed by atoms with E-state index in [2.05, 4.69) is 65.6 Å². The molecule has 2 aromatic rings. The molecule has 1 nitrogen and oxygen atoms in total. The quantitative estimate of drug-likeness (QED) is 0.724. The Morgan fingerprint density at radius 1 is 0.792 bits per heavy atom. The molecule has 1 saturated heterocycles.